The molecule has 0 bridgehead atoms. The van der Waals surface area contributed by atoms with Crippen LogP contribution in [0.5, 0.6) is 11.5 Å². The molecule has 220 valence electrons. The second-order valence-electron chi connectivity index (χ2n) is 12.0. The van der Waals surface area contributed by atoms with Gasteiger partial charge in [-0.05, 0) is 132 Å². The number of ether oxygens (including phenoxy) is 3. The fourth-order valence-corrected chi connectivity index (χ4v) is 7.63. The zero-order valence-electron chi connectivity index (χ0n) is 23.7. The zero-order chi connectivity index (χ0) is 28.2. The molecule has 3 fully saturated rings. The van der Waals surface area contributed by atoms with Gasteiger partial charge in [-0.25, -0.2) is 8.78 Å². The fraction of sp³-hybridized carbons (Fsp3) is 0.636. The highest BCUT2D eigenvalue weighted by Gasteiger charge is 2.39. The number of hydrogen-bond acceptors (Lipinski definition) is 3. The van der Waals surface area contributed by atoms with Gasteiger partial charge in [0, 0.05) is 17.7 Å². The minimum atomic E-state index is -1.28. The molecule has 3 saturated carbocycles. The molecule has 0 saturated heterocycles. The van der Waals surface area contributed by atoms with Crippen LogP contribution in [-0.4, -0.2) is 25.9 Å². The van der Waals surface area contributed by atoms with Crippen molar-refractivity contribution in [3.63, 3.8) is 0 Å². The Morgan fingerprint density at radius 2 is 1.10 bits per heavy atom. The minimum absolute atomic E-state index is 0.157. The van der Waals surface area contributed by atoms with Crippen molar-refractivity contribution >= 4 is 0 Å². The summed E-state index contributed by atoms with van der Waals surface area (Å²) in [5.74, 6) is -1.97. The summed E-state index contributed by atoms with van der Waals surface area (Å²) in [5, 5.41) is 0. The van der Waals surface area contributed by atoms with Gasteiger partial charge in [-0.1, -0.05) is 0 Å². The highest BCUT2D eigenvalue weighted by Crippen LogP contribution is 2.49. The minimum Gasteiger partial charge on any atom is -0.491 e. The van der Waals surface area contributed by atoms with Crippen molar-refractivity contribution in [2.75, 3.05) is 19.8 Å². The predicted molar refractivity (Wildman–Crippen MR) is 147 cm³/mol. The highest BCUT2D eigenvalue weighted by atomic mass is 19.2. The second-order valence-corrected chi connectivity index (χ2v) is 12.0. The monoisotopic (exact) mass is 562 g/mol. The summed E-state index contributed by atoms with van der Waals surface area (Å²) in [6.07, 6.45) is 12.6. The number of benzene rings is 2. The molecule has 5 rings (SSSR count). The average Bonchev–Trinajstić information content (AvgIpc) is 2.97. The van der Waals surface area contributed by atoms with Crippen molar-refractivity contribution in [3.8, 4) is 22.6 Å². The Morgan fingerprint density at radius 1 is 0.575 bits per heavy atom. The summed E-state index contributed by atoms with van der Waals surface area (Å²) in [6.45, 7) is 5.02. The summed E-state index contributed by atoms with van der Waals surface area (Å²) in [4.78, 5) is 0. The number of rotatable bonds is 9. The van der Waals surface area contributed by atoms with Crippen LogP contribution in [0.15, 0.2) is 24.3 Å². The van der Waals surface area contributed by atoms with E-state index in [4.69, 9.17) is 14.2 Å². The predicted octanol–water partition coefficient (Wildman–Crippen LogP) is 9.12. The molecule has 7 heteroatoms. The van der Waals surface area contributed by atoms with E-state index in [-0.39, 0.29) is 29.2 Å². The SMILES string of the molecule is CCOc1ccc(-c2ccc(OCC3CCC4CC(C5CCC(OCC)CC5)CCC4C3)c(F)c2F)c(F)c1F. The molecule has 3 aliphatic rings. The van der Waals surface area contributed by atoms with Gasteiger partial charge in [0.25, 0.3) is 0 Å². The zero-order valence-corrected chi connectivity index (χ0v) is 23.7. The van der Waals surface area contributed by atoms with E-state index >= 15 is 0 Å². The van der Waals surface area contributed by atoms with Crippen molar-refractivity contribution in [1.82, 2.24) is 0 Å². The molecule has 2 aromatic rings. The van der Waals surface area contributed by atoms with Crippen molar-refractivity contribution in [2.24, 2.45) is 29.6 Å². The van der Waals surface area contributed by atoms with Gasteiger partial charge < -0.3 is 14.2 Å². The van der Waals surface area contributed by atoms with Crippen LogP contribution in [0.3, 0.4) is 0 Å². The lowest BCUT2D eigenvalue weighted by molar-refractivity contribution is 0.00254. The van der Waals surface area contributed by atoms with E-state index in [0.717, 1.165) is 37.2 Å². The molecule has 0 radical (unpaired) electrons. The lowest BCUT2D eigenvalue weighted by atomic mass is 9.61. The first kappa shape index (κ1) is 29.2. The van der Waals surface area contributed by atoms with E-state index in [0.29, 0.717) is 24.5 Å². The third-order valence-corrected chi connectivity index (χ3v) is 9.71. The first-order valence-electron chi connectivity index (χ1n) is 15.2. The Bertz CT molecular complexity index is 1150. The topological polar surface area (TPSA) is 27.7 Å². The van der Waals surface area contributed by atoms with Crippen molar-refractivity contribution in [1.29, 1.82) is 0 Å². The molecular weight excluding hydrogens is 520 g/mol. The molecule has 3 nitrogen and oxygen atoms in total. The summed E-state index contributed by atoms with van der Waals surface area (Å²) < 4.78 is 75.5. The van der Waals surface area contributed by atoms with Gasteiger partial charge >= 0.3 is 0 Å². The van der Waals surface area contributed by atoms with Gasteiger partial charge in [0.2, 0.25) is 11.6 Å². The third-order valence-electron chi connectivity index (χ3n) is 9.71. The van der Waals surface area contributed by atoms with Gasteiger partial charge in [-0.2, -0.15) is 8.78 Å². The fourth-order valence-electron chi connectivity index (χ4n) is 7.63. The molecule has 0 amide bonds. The van der Waals surface area contributed by atoms with Crippen molar-refractivity contribution in [2.45, 2.75) is 84.2 Å². The van der Waals surface area contributed by atoms with Crippen molar-refractivity contribution < 1.29 is 31.8 Å². The van der Waals surface area contributed by atoms with Crippen LogP contribution in [0, 0.1) is 52.9 Å². The van der Waals surface area contributed by atoms with E-state index in [9.17, 15) is 17.6 Å². The van der Waals surface area contributed by atoms with Crippen LogP contribution >= 0.6 is 0 Å². The van der Waals surface area contributed by atoms with E-state index < -0.39 is 23.3 Å². The first-order chi connectivity index (χ1) is 19.4. The molecule has 0 aliphatic heterocycles. The van der Waals surface area contributed by atoms with Gasteiger partial charge in [0.05, 0.1) is 19.3 Å². The number of halogens is 4. The summed E-state index contributed by atoms with van der Waals surface area (Å²) in [5.41, 5.74) is -0.715. The van der Waals surface area contributed by atoms with Gasteiger partial charge in [-0.3, -0.25) is 0 Å². The molecule has 0 N–H and O–H groups in total. The Morgan fingerprint density at radius 3 is 1.70 bits per heavy atom. The molecule has 0 spiro atoms. The maximum absolute atomic E-state index is 15.0. The van der Waals surface area contributed by atoms with Crippen molar-refractivity contribution in [3.05, 3.63) is 47.5 Å². The lowest BCUT2D eigenvalue weighted by Crippen LogP contribution is -2.36. The van der Waals surface area contributed by atoms with E-state index in [2.05, 4.69) is 6.92 Å². The molecule has 4 atom stereocenters. The quantitative estimate of drug-likeness (QED) is 0.285. The van der Waals surface area contributed by atoms with Crippen LogP contribution in [0.1, 0.15) is 78.1 Å². The first-order valence-corrected chi connectivity index (χ1v) is 15.2. The molecule has 40 heavy (non-hydrogen) atoms. The molecule has 0 heterocycles. The Hall–Kier alpha value is -2.28. The van der Waals surface area contributed by atoms with E-state index in [1.165, 1.54) is 75.6 Å². The van der Waals surface area contributed by atoms with E-state index in [1.807, 2.05) is 0 Å². The second kappa shape index (κ2) is 13.1. The molecule has 4 unspecified atom stereocenters. The molecular formula is C33H42F4O3. The summed E-state index contributed by atoms with van der Waals surface area (Å²) in [6, 6.07) is 4.96. The molecule has 3 aliphatic carbocycles. The number of fused-ring (bicyclic) bond motifs is 1. The Kier molecular flexibility index (Phi) is 9.60. The Labute approximate surface area is 235 Å². The summed E-state index contributed by atoms with van der Waals surface area (Å²) in [7, 11) is 0. The van der Waals surface area contributed by atoms with E-state index in [1.54, 1.807) is 6.92 Å². The molecule has 2 aromatic carbocycles. The van der Waals surface area contributed by atoms with Gasteiger partial charge in [0.1, 0.15) is 0 Å². The van der Waals surface area contributed by atoms with Gasteiger partial charge in [0.15, 0.2) is 23.1 Å². The smallest absolute Gasteiger partial charge is 0.201 e. The molecule has 0 aromatic heterocycles. The maximum atomic E-state index is 15.0. The lowest BCUT2D eigenvalue weighted by Gasteiger charge is -2.45. The maximum Gasteiger partial charge on any atom is 0.201 e. The average molecular weight is 563 g/mol. The van der Waals surface area contributed by atoms with Crippen LogP contribution in [0.2, 0.25) is 0 Å². The number of hydrogen-bond donors (Lipinski definition) is 0. The van der Waals surface area contributed by atoms with Crippen LogP contribution in [0.25, 0.3) is 11.1 Å². The highest BCUT2D eigenvalue weighted by molar-refractivity contribution is 5.67. The van der Waals surface area contributed by atoms with Crippen LogP contribution in [-0.2, 0) is 4.74 Å². The summed E-state index contributed by atoms with van der Waals surface area (Å²) >= 11 is 0. The normalized spacial score (nSPS) is 28.6. The third kappa shape index (κ3) is 6.29. The van der Waals surface area contributed by atoms with Crippen LogP contribution in [0.4, 0.5) is 17.6 Å². The largest absolute Gasteiger partial charge is 0.491 e. The van der Waals surface area contributed by atoms with Crippen LogP contribution < -0.4 is 9.47 Å². The van der Waals surface area contributed by atoms with Gasteiger partial charge in [-0.15, -0.1) is 0 Å². The Balaban J connectivity index is 1.14. The standard InChI is InChI=1S/C33H42F4O3/c1-3-38-25-11-9-21(10-12-25)23-8-7-22-17-20(5-6-24(22)18-23)19-40-29-16-14-27(31(35)33(29)37)26-13-15-28(39-4-2)32(36)30(26)34/h13-16,20-25H,3-12,17-19H2,1-2H3.